The zero-order valence-electron chi connectivity index (χ0n) is 11.6. The minimum absolute atomic E-state index is 0.611. The lowest BCUT2D eigenvalue weighted by atomic mass is 10.2. The standard InChI is InChI=1S/C15H16BrClN2O2/c1-20-6-5-18-10-13-14(17)3-2-4-15(13)21-12-7-11(16)8-19-9-12/h2-4,7-9,18H,5-6,10H2,1H3. The Morgan fingerprint density at radius 1 is 1.33 bits per heavy atom. The van der Waals surface area contributed by atoms with Gasteiger partial charge < -0.3 is 14.8 Å². The van der Waals surface area contributed by atoms with E-state index in [4.69, 9.17) is 21.1 Å². The third kappa shape index (κ3) is 4.97. The van der Waals surface area contributed by atoms with Gasteiger partial charge in [-0.3, -0.25) is 4.98 Å². The Hall–Kier alpha value is -1.14. The van der Waals surface area contributed by atoms with Gasteiger partial charge in [0, 0.05) is 41.5 Å². The topological polar surface area (TPSA) is 43.4 Å². The molecule has 2 aromatic rings. The normalized spacial score (nSPS) is 10.6. The molecule has 0 spiro atoms. The second-order valence-electron chi connectivity index (χ2n) is 4.33. The number of ether oxygens (including phenoxy) is 2. The molecule has 0 saturated heterocycles. The van der Waals surface area contributed by atoms with Crippen LogP contribution in [0, 0.1) is 0 Å². The molecular formula is C15H16BrClN2O2. The Kier molecular flexibility index (Phi) is 6.45. The SMILES string of the molecule is COCCNCc1c(Cl)cccc1Oc1cncc(Br)c1. The van der Waals surface area contributed by atoms with Gasteiger partial charge in [0.2, 0.25) is 0 Å². The average Bonchev–Trinajstić information content (AvgIpc) is 2.46. The lowest BCUT2D eigenvalue weighted by Gasteiger charge is -2.13. The van der Waals surface area contributed by atoms with Crippen molar-refractivity contribution in [2.45, 2.75) is 6.54 Å². The van der Waals surface area contributed by atoms with Crippen molar-refractivity contribution in [2.24, 2.45) is 0 Å². The van der Waals surface area contributed by atoms with Crippen LogP contribution in [0.4, 0.5) is 0 Å². The molecule has 4 nitrogen and oxygen atoms in total. The Morgan fingerprint density at radius 3 is 2.95 bits per heavy atom. The highest BCUT2D eigenvalue weighted by atomic mass is 79.9. The molecule has 2 rings (SSSR count). The Morgan fingerprint density at radius 2 is 2.19 bits per heavy atom. The number of hydrogen-bond donors (Lipinski definition) is 1. The van der Waals surface area contributed by atoms with Crippen LogP contribution in [-0.2, 0) is 11.3 Å². The third-order valence-corrected chi connectivity index (χ3v) is 3.56. The molecule has 1 N–H and O–H groups in total. The fourth-order valence-corrected chi connectivity index (χ4v) is 2.35. The molecular weight excluding hydrogens is 356 g/mol. The summed E-state index contributed by atoms with van der Waals surface area (Å²) in [5, 5.41) is 3.93. The first-order chi connectivity index (χ1) is 10.2. The fraction of sp³-hybridized carbons (Fsp3) is 0.267. The third-order valence-electron chi connectivity index (χ3n) is 2.77. The van der Waals surface area contributed by atoms with Gasteiger partial charge in [0.1, 0.15) is 11.5 Å². The van der Waals surface area contributed by atoms with E-state index in [9.17, 15) is 0 Å². The van der Waals surface area contributed by atoms with E-state index in [2.05, 4.69) is 26.2 Å². The second-order valence-corrected chi connectivity index (χ2v) is 5.65. The van der Waals surface area contributed by atoms with Gasteiger partial charge >= 0.3 is 0 Å². The van der Waals surface area contributed by atoms with E-state index in [0.717, 1.165) is 16.6 Å². The van der Waals surface area contributed by atoms with Crippen molar-refractivity contribution in [1.82, 2.24) is 10.3 Å². The monoisotopic (exact) mass is 370 g/mol. The summed E-state index contributed by atoms with van der Waals surface area (Å²) in [6.45, 7) is 2.01. The molecule has 0 radical (unpaired) electrons. The molecule has 0 unspecified atom stereocenters. The van der Waals surface area contributed by atoms with Crippen molar-refractivity contribution in [3.63, 3.8) is 0 Å². The Balaban J connectivity index is 2.13. The minimum Gasteiger partial charge on any atom is -0.455 e. The average molecular weight is 372 g/mol. The van der Waals surface area contributed by atoms with Crippen LogP contribution in [0.5, 0.6) is 11.5 Å². The first-order valence-corrected chi connectivity index (χ1v) is 7.63. The van der Waals surface area contributed by atoms with Crippen LogP contribution in [-0.4, -0.2) is 25.2 Å². The summed E-state index contributed by atoms with van der Waals surface area (Å²) in [6.07, 6.45) is 3.37. The van der Waals surface area contributed by atoms with E-state index in [1.165, 1.54) is 0 Å². The van der Waals surface area contributed by atoms with Gasteiger partial charge in [-0.1, -0.05) is 17.7 Å². The van der Waals surface area contributed by atoms with Gasteiger partial charge in [0.15, 0.2) is 0 Å². The molecule has 1 aromatic heterocycles. The molecule has 112 valence electrons. The predicted molar refractivity (Wildman–Crippen MR) is 87.0 cm³/mol. The second kappa shape index (κ2) is 8.34. The molecule has 0 amide bonds. The molecule has 0 aliphatic heterocycles. The summed E-state index contributed by atoms with van der Waals surface area (Å²) in [7, 11) is 1.67. The summed E-state index contributed by atoms with van der Waals surface area (Å²) in [5.41, 5.74) is 0.912. The molecule has 0 bridgehead atoms. The number of nitrogens with zero attached hydrogens (tertiary/aromatic N) is 1. The maximum absolute atomic E-state index is 6.26. The van der Waals surface area contributed by atoms with Gasteiger partial charge in [-0.25, -0.2) is 0 Å². The molecule has 1 heterocycles. The highest BCUT2D eigenvalue weighted by molar-refractivity contribution is 9.10. The van der Waals surface area contributed by atoms with Crippen molar-refractivity contribution in [1.29, 1.82) is 0 Å². The number of aromatic nitrogens is 1. The zero-order chi connectivity index (χ0) is 15.1. The van der Waals surface area contributed by atoms with Crippen LogP contribution in [0.15, 0.2) is 41.1 Å². The van der Waals surface area contributed by atoms with Crippen molar-refractivity contribution >= 4 is 27.5 Å². The Labute approximate surface area is 137 Å². The number of methoxy groups -OCH3 is 1. The highest BCUT2D eigenvalue weighted by Gasteiger charge is 2.09. The molecule has 0 aliphatic rings. The van der Waals surface area contributed by atoms with E-state index in [0.29, 0.717) is 29.7 Å². The van der Waals surface area contributed by atoms with Gasteiger partial charge in [-0.2, -0.15) is 0 Å². The molecule has 21 heavy (non-hydrogen) atoms. The quantitative estimate of drug-likeness (QED) is 0.746. The molecule has 0 atom stereocenters. The van der Waals surface area contributed by atoms with Crippen LogP contribution in [0.1, 0.15) is 5.56 Å². The van der Waals surface area contributed by atoms with Crippen LogP contribution in [0.3, 0.4) is 0 Å². The molecule has 0 fully saturated rings. The van der Waals surface area contributed by atoms with E-state index in [1.54, 1.807) is 19.5 Å². The molecule has 6 heteroatoms. The van der Waals surface area contributed by atoms with Crippen LogP contribution in [0.2, 0.25) is 5.02 Å². The van der Waals surface area contributed by atoms with Gasteiger partial charge in [0.05, 0.1) is 12.8 Å². The smallest absolute Gasteiger partial charge is 0.146 e. The summed E-state index contributed by atoms with van der Waals surface area (Å²) >= 11 is 9.64. The first-order valence-electron chi connectivity index (χ1n) is 6.46. The zero-order valence-corrected chi connectivity index (χ0v) is 13.9. The van der Waals surface area contributed by atoms with Crippen molar-refractivity contribution in [3.05, 3.63) is 51.7 Å². The lowest BCUT2D eigenvalue weighted by molar-refractivity contribution is 0.199. The van der Waals surface area contributed by atoms with E-state index >= 15 is 0 Å². The number of nitrogens with one attached hydrogen (secondary N) is 1. The van der Waals surface area contributed by atoms with E-state index in [1.807, 2.05) is 24.3 Å². The molecule has 0 saturated carbocycles. The summed E-state index contributed by atoms with van der Waals surface area (Å²) in [5.74, 6) is 1.37. The summed E-state index contributed by atoms with van der Waals surface area (Å²) in [4.78, 5) is 4.08. The van der Waals surface area contributed by atoms with Crippen molar-refractivity contribution in [3.8, 4) is 11.5 Å². The largest absolute Gasteiger partial charge is 0.455 e. The minimum atomic E-state index is 0.611. The van der Waals surface area contributed by atoms with Gasteiger partial charge in [0.25, 0.3) is 0 Å². The maximum atomic E-state index is 6.26. The predicted octanol–water partition coefficient (Wildman–Crippen LogP) is 4.03. The first kappa shape index (κ1) is 16.2. The number of benzene rings is 1. The van der Waals surface area contributed by atoms with Gasteiger partial charge in [-0.05, 0) is 34.1 Å². The van der Waals surface area contributed by atoms with Gasteiger partial charge in [-0.15, -0.1) is 0 Å². The number of pyridine rings is 1. The van der Waals surface area contributed by atoms with Crippen molar-refractivity contribution < 1.29 is 9.47 Å². The molecule has 1 aromatic carbocycles. The summed E-state index contributed by atoms with van der Waals surface area (Å²) < 4.78 is 11.8. The lowest BCUT2D eigenvalue weighted by Crippen LogP contribution is -2.19. The fourth-order valence-electron chi connectivity index (χ4n) is 1.77. The van der Waals surface area contributed by atoms with E-state index < -0.39 is 0 Å². The Bertz CT molecular complexity index is 596. The van der Waals surface area contributed by atoms with Crippen LogP contribution < -0.4 is 10.1 Å². The van der Waals surface area contributed by atoms with Crippen LogP contribution in [0.25, 0.3) is 0 Å². The number of rotatable bonds is 7. The highest BCUT2D eigenvalue weighted by Crippen LogP contribution is 2.30. The number of halogens is 2. The number of hydrogen-bond acceptors (Lipinski definition) is 4. The van der Waals surface area contributed by atoms with E-state index in [-0.39, 0.29) is 0 Å². The van der Waals surface area contributed by atoms with Crippen LogP contribution >= 0.6 is 27.5 Å². The molecule has 0 aliphatic carbocycles. The summed E-state index contributed by atoms with van der Waals surface area (Å²) in [6, 6.07) is 7.46. The maximum Gasteiger partial charge on any atom is 0.146 e. The van der Waals surface area contributed by atoms with Crippen molar-refractivity contribution in [2.75, 3.05) is 20.3 Å².